The molecule has 0 bridgehead atoms. The molecule has 0 aromatic heterocycles. The molecule has 3 nitrogen and oxygen atoms in total. The number of piperidine rings is 1. The first-order chi connectivity index (χ1) is 9.78. The van der Waals surface area contributed by atoms with E-state index in [0.717, 1.165) is 17.9 Å². The average molecular weight is 287 g/mol. The number of hydrogen-bond acceptors (Lipinski definition) is 3. The van der Waals surface area contributed by atoms with E-state index < -0.39 is 0 Å². The fraction of sp³-hybridized carbons (Fsp3) is 0.438. The van der Waals surface area contributed by atoms with Crippen molar-refractivity contribution in [2.24, 2.45) is 0 Å². The van der Waals surface area contributed by atoms with Crippen LogP contribution in [0.15, 0.2) is 24.3 Å². The lowest BCUT2D eigenvalue weighted by molar-refractivity contribution is -0.123. The highest BCUT2D eigenvalue weighted by Crippen LogP contribution is 2.42. The third-order valence-corrected chi connectivity index (χ3v) is 5.41. The molecule has 3 rings (SSSR count). The van der Waals surface area contributed by atoms with Crippen molar-refractivity contribution in [3.05, 3.63) is 29.8 Å². The lowest BCUT2D eigenvalue weighted by Gasteiger charge is -2.33. The molecule has 2 aliphatic heterocycles. The van der Waals surface area contributed by atoms with Crippen molar-refractivity contribution >= 4 is 17.7 Å². The van der Waals surface area contributed by atoms with Crippen LogP contribution < -0.4 is 10.1 Å². The fourth-order valence-corrected chi connectivity index (χ4v) is 4.60. The summed E-state index contributed by atoms with van der Waals surface area (Å²) in [7, 11) is 0. The zero-order valence-corrected chi connectivity index (χ0v) is 12.0. The minimum atomic E-state index is 0.161. The van der Waals surface area contributed by atoms with Crippen LogP contribution in [-0.2, 0) is 4.79 Å². The van der Waals surface area contributed by atoms with Crippen LogP contribution in [0, 0.1) is 12.3 Å². The Kier molecular flexibility index (Phi) is 3.88. The van der Waals surface area contributed by atoms with E-state index in [1.807, 2.05) is 30.0 Å². The van der Waals surface area contributed by atoms with Crippen molar-refractivity contribution in [3.63, 3.8) is 0 Å². The molecule has 1 aromatic rings. The number of amides is 1. The molecule has 1 N–H and O–H groups in total. The number of thioether (sulfide) groups is 1. The quantitative estimate of drug-likeness (QED) is 0.866. The molecule has 0 aliphatic carbocycles. The summed E-state index contributed by atoms with van der Waals surface area (Å²) in [5, 5.41) is 3.59. The highest BCUT2D eigenvalue weighted by molar-refractivity contribution is 8.00. The molecule has 0 spiro atoms. The summed E-state index contributed by atoms with van der Waals surface area (Å²) in [4.78, 5) is 11.9. The number of benzene rings is 1. The highest BCUT2D eigenvalue weighted by atomic mass is 32.2. The first-order valence-corrected chi connectivity index (χ1v) is 7.90. The molecule has 3 atom stereocenters. The molecule has 2 saturated heterocycles. The Bertz CT molecular complexity index is 552. The number of terminal acetylenes is 1. The van der Waals surface area contributed by atoms with E-state index in [0.29, 0.717) is 17.7 Å². The van der Waals surface area contributed by atoms with Gasteiger partial charge in [0.25, 0.3) is 0 Å². The maximum atomic E-state index is 11.9. The molecular weight excluding hydrogens is 270 g/mol. The number of carbonyl (C=O) groups is 1. The molecule has 2 fully saturated rings. The van der Waals surface area contributed by atoms with Crippen LogP contribution in [-0.4, -0.2) is 29.6 Å². The number of fused-ring (bicyclic) bond motifs is 1. The van der Waals surface area contributed by atoms with Crippen LogP contribution in [0.2, 0.25) is 0 Å². The highest BCUT2D eigenvalue weighted by Gasteiger charge is 2.40. The van der Waals surface area contributed by atoms with Crippen LogP contribution in [0.5, 0.6) is 5.75 Å². The second-order valence-electron chi connectivity index (χ2n) is 5.17. The van der Waals surface area contributed by atoms with Gasteiger partial charge in [0.05, 0.1) is 0 Å². The van der Waals surface area contributed by atoms with Crippen LogP contribution >= 0.6 is 11.8 Å². The van der Waals surface area contributed by atoms with Crippen LogP contribution in [0.4, 0.5) is 0 Å². The summed E-state index contributed by atoms with van der Waals surface area (Å²) >= 11 is 1.97. The molecule has 4 heteroatoms. The van der Waals surface area contributed by atoms with Crippen LogP contribution in [0.1, 0.15) is 24.3 Å². The standard InChI is InChI=1S/C16H17NO2S/c1-2-7-19-12-5-3-4-11(9-12)13-10-15(18)17-14-6-8-20-16(13)14/h1,3-5,9,13-14,16H,6-8,10H2,(H,17,18). The summed E-state index contributed by atoms with van der Waals surface area (Å²) in [5.74, 6) is 4.81. The van der Waals surface area contributed by atoms with Crippen molar-refractivity contribution in [1.82, 2.24) is 5.32 Å². The first-order valence-electron chi connectivity index (χ1n) is 6.85. The normalized spacial score (nSPS) is 28.4. The minimum Gasteiger partial charge on any atom is -0.481 e. The van der Waals surface area contributed by atoms with E-state index in [2.05, 4.69) is 17.3 Å². The average Bonchev–Trinajstić information content (AvgIpc) is 2.92. The summed E-state index contributed by atoms with van der Waals surface area (Å²) < 4.78 is 5.48. The first kappa shape index (κ1) is 13.4. The maximum Gasteiger partial charge on any atom is 0.220 e. The van der Waals surface area contributed by atoms with Gasteiger partial charge < -0.3 is 10.1 Å². The summed E-state index contributed by atoms with van der Waals surface area (Å²) in [6, 6.07) is 8.31. The van der Waals surface area contributed by atoms with Gasteiger partial charge in [-0.15, -0.1) is 6.42 Å². The zero-order chi connectivity index (χ0) is 13.9. The number of nitrogens with one attached hydrogen (secondary N) is 1. The molecule has 1 amide bonds. The van der Waals surface area contributed by atoms with Gasteiger partial charge in [-0.05, 0) is 29.9 Å². The van der Waals surface area contributed by atoms with Gasteiger partial charge in [-0.2, -0.15) is 11.8 Å². The van der Waals surface area contributed by atoms with E-state index in [-0.39, 0.29) is 18.4 Å². The Balaban J connectivity index is 1.83. The van der Waals surface area contributed by atoms with Gasteiger partial charge in [0.2, 0.25) is 5.91 Å². The maximum absolute atomic E-state index is 11.9. The molecular formula is C16H17NO2S. The van der Waals surface area contributed by atoms with Gasteiger partial charge in [-0.3, -0.25) is 4.79 Å². The lowest BCUT2D eigenvalue weighted by atomic mass is 9.85. The molecule has 3 unspecified atom stereocenters. The second-order valence-corrected chi connectivity index (χ2v) is 6.46. The van der Waals surface area contributed by atoms with Crippen molar-refractivity contribution in [2.75, 3.05) is 12.4 Å². The third-order valence-electron chi connectivity index (χ3n) is 3.89. The van der Waals surface area contributed by atoms with Gasteiger partial charge in [0, 0.05) is 23.6 Å². The molecule has 0 radical (unpaired) electrons. The Hall–Kier alpha value is -1.60. The third kappa shape index (κ3) is 2.64. The summed E-state index contributed by atoms with van der Waals surface area (Å²) in [6.45, 7) is 0.273. The van der Waals surface area contributed by atoms with Crippen molar-refractivity contribution in [3.8, 4) is 18.1 Å². The van der Waals surface area contributed by atoms with Crippen molar-refractivity contribution in [2.45, 2.75) is 30.1 Å². The number of carbonyl (C=O) groups excluding carboxylic acids is 1. The fourth-order valence-electron chi connectivity index (χ4n) is 3.01. The van der Waals surface area contributed by atoms with Gasteiger partial charge in [-0.25, -0.2) is 0 Å². The van der Waals surface area contributed by atoms with Crippen LogP contribution in [0.25, 0.3) is 0 Å². The SMILES string of the molecule is C#CCOc1cccc(C2CC(=O)NC3CCSC32)c1. The topological polar surface area (TPSA) is 38.3 Å². The van der Waals surface area contributed by atoms with E-state index in [4.69, 9.17) is 11.2 Å². The van der Waals surface area contributed by atoms with Gasteiger partial charge in [-0.1, -0.05) is 18.1 Å². The smallest absolute Gasteiger partial charge is 0.220 e. The Labute approximate surface area is 123 Å². The molecule has 104 valence electrons. The van der Waals surface area contributed by atoms with Gasteiger partial charge >= 0.3 is 0 Å². The molecule has 2 heterocycles. The molecule has 20 heavy (non-hydrogen) atoms. The predicted molar refractivity (Wildman–Crippen MR) is 80.9 cm³/mol. The van der Waals surface area contributed by atoms with Crippen molar-refractivity contribution in [1.29, 1.82) is 0 Å². The molecule has 2 aliphatic rings. The molecule has 1 aromatic carbocycles. The Morgan fingerprint density at radius 2 is 2.40 bits per heavy atom. The number of rotatable bonds is 3. The Morgan fingerprint density at radius 1 is 1.50 bits per heavy atom. The van der Waals surface area contributed by atoms with Crippen LogP contribution in [0.3, 0.4) is 0 Å². The monoisotopic (exact) mass is 287 g/mol. The Morgan fingerprint density at radius 3 is 3.25 bits per heavy atom. The molecule has 0 saturated carbocycles. The van der Waals surface area contributed by atoms with E-state index >= 15 is 0 Å². The summed E-state index contributed by atoms with van der Waals surface area (Å²) in [6.07, 6.45) is 6.85. The van der Waals surface area contributed by atoms with E-state index in [9.17, 15) is 4.79 Å². The zero-order valence-electron chi connectivity index (χ0n) is 11.2. The second kappa shape index (κ2) is 5.80. The lowest BCUT2D eigenvalue weighted by Crippen LogP contribution is -2.47. The van der Waals surface area contributed by atoms with Crippen molar-refractivity contribution < 1.29 is 9.53 Å². The number of ether oxygens (including phenoxy) is 1. The minimum absolute atomic E-state index is 0.161. The summed E-state index contributed by atoms with van der Waals surface area (Å²) in [5.41, 5.74) is 1.18. The largest absolute Gasteiger partial charge is 0.481 e. The van der Waals surface area contributed by atoms with E-state index in [1.54, 1.807) is 0 Å². The van der Waals surface area contributed by atoms with Gasteiger partial charge in [0.15, 0.2) is 0 Å². The predicted octanol–water partition coefficient (Wildman–Crippen LogP) is 2.18. The van der Waals surface area contributed by atoms with Gasteiger partial charge in [0.1, 0.15) is 12.4 Å². The van der Waals surface area contributed by atoms with E-state index in [1.165, 1.54) is 5.56 Å². The number of hydrogen-bond donors (Lipinski definition) is 1.